The molecular formula is C21H27N5O5. The normalized spacial score (nSPS) is 15.4. The number of aromatic nitrogens is 4. The zero-order chi connectivity index (χ0) is 22.0. The Kier molecular flexibility index (Phi) is 6.10. The van der Waals surface area contributed by atoms with Gasteiger partial charge in [0, 0.05) is 20.1 Å². The fraction of sp³-hybridized carbons (Fsp3) is 0.476. The van der Waals surface area contributed by atoms with Crippen LogP contribution < -0.4 is 20.9 Å². The van der Waals surface area contributed by atoms with Crippen LogP contribution in [0.5, 0.6) is 5.75 Å². The molecule has 2 aromatic heterocycles. The van der Waals surface area contributed by atoms with Crippen LogP contribution in [0.2, 0.25) is 0 Å². The van der Waals surface area contributed by atoms with Gasteiger partial charge in [0.1, 0.15) is 18.5 Å². The molecule has 1 saturated heterocycles. The molecule has 0 spiro atoms. The molecule has 0 amide bonds. The van der Waals surface area contributed by atoms with E-state index >= 15 is 0 Å². The first-order chi connectivity index (χ1) is 15.0. The lowest BCUT2D eigenvalue weighted by molar-refractivity contribution is 0.0927. The number of nitrogens with one attached hydrogen (secondary N) is 1. The Labute approximate surface area is 178 Å². The SMILES string of the molecule is CCc1cccc(OC[C@@H](O)Cn2c(N3CCOCC3)nc3c2c(=O)[nH]c(=O)n3C)c1. The van der Waals surface area contributed by atoms with Crippen LogP contribution in [-0.2, 0) is 24.8 Å². The number of morpholine rings is 1. The van der Waals surface area contributed by atoms with Crippen molar-refractivity contribution in [1.29, 1.82) is 0 Å². The molecule has 0 saturated carbocycles. The maximum atomic E-state index is 12.6. The number of ether oxygens (including phenoxy) is 2. The van der Waals surface area contributed by atoms with Crippen LogP contribution >= 0.6 is 0 Å². The molecule has 1 atom stereocenters. The highest BCUT2D eigenvalue weighted by Crippen LogP contribution is 2.21. The zero-order valence-corrected chi connectivity index (χ0v) is 17.7. The fourth-order valence-electron chi connectivity index (χ4n) is 3.71. The van der Waals surface area contributed by atoms with Crippen LogP contribution in [0.3, 0.4) is 0 Å². The Morgan fingerprint density at radius 1 is 1.29 bits per heavy atom. The first kappa shape index (κ1) is 21.1. The third-order valence-corrected chi connectivity index (χ3v) is 5.42. The van der Waals surface area contributed by atoms with E-state index in [0.717, 1.165) is 12.0 Å². The molecule has 4 rings (SSSR count). The van der Waals surface area contributed by atoms with Crippen molar-refractivity contribution in [3.63, 3.8) is 0 Å². The van der Waals surface area contributed by atoms with Gasteiger partial charge in [-0.1, -0.05) is 19.1 Å². The molecule has 1 fully saturated rings. The zero-order valence-electron chi connectivity index (χ0n) is 17.7. The van der Waals surface area contributed by atoms with Crippen molar-refractivity contribution < 1.29 is 14.6 Å². The van der Waals surface area contributed by atoms with E-state index in [1.807, 2.05) is 29.2 Å². The maximum Gasteiger partial charge on any atom is 0.329 e. The molecule has 3 aromatic rings. The summed E-state index contributed by atoms with van der Waals surface area (Å²) in [5.74, 6) is 1.21. The highest BCUT2D eigenvalue weighted by Gasteiger charge is 2.24. The summed E-state index contributed by atoms with van der Waals surface area (Å²) in [4.78, 5) is 33.5. The number of imidazole rings is 1. The molecule has 10 nitrogen and oxygen atoms in total. The monoisotopic (exact) mass is 429 g/mol. The molecule has 0 bridgehead atoms. The second-order valence-corrected chi connectivity index (χ2v) is 7.58. The van der Waals surface area contributed by atoms with Gasteiger partial charge in [-0.25, -0.2) is 4.79 Å². The predicted molar refractivity (Wildman–Crippen MR) is 116 cm³/mol. The number of H-pyrrole nitrogens is 1. The average Bonchev–Trinajstić information content (AvgIpc) is 3.16. The Morgan fingerprint density at radius 2 is 2.06 bits per heavy atom. The molecule has 3 heterocycles. The van der Waals surface area contributed by atoms with E-state index in [4.69, 9.17) is 9.47 Å². The summed E-state index contributed by atoms with van der Waals surface area (Å²) in [6, 6.07) is 7.73. The summed E-state index contributed by atoms with van der Waals surface area (Å²) >= 11 is 0. The molecule has 31 heavy (non-hydrogen) atoms. The van der Waals surface area contributed by atoms with Crippen molar-refractivity contribution in [1.82, 2.24) is 19.1 Å². The van der Waals surface area contributed by atoms with Crippen LogP contribution in [-0.4, -0.2) is 63.2 Å². The van der Waals surface area contributed by atoms with Gasteiger partial charge >= 0.3 is 5.69 Å². The average molecular weight is 429 g/mol. The van der Waals surface area contributed by atoms with E-state index in [9.17, 15) is 14.7 Å². The molecule has 0 unspecified atom stereocenters. The van der Waals surface area contributed by atoms with E-state index in [-0.39, 0.29) is 24.3 Å². The molecular weight excluding hydrogens is 402 g/mol. The molecule has 166 valence electrons. The fourth-order valence-corrected chi connectivity index (χ4v) is 3.71. The third kappa shape index (κ3) is 4.35. The van der Waals surface area contributed by atoms with E-state index < -0.39 is 17.4 Å². The lowest BCUT2D eigenvalue weighted by Crippen LogP contribution is -2.39. The lowest BCUT2D eigenvalue weighted by Gasteiger charge is -2.28. The number of benzene rings is 1. The number of anilines is 1. The highest BCUT2D eigenvalue weighted by atomic mass is 16.5. The number of aryl methyl sites for hydroxylation is 2. The summed E-state index contributed by atoms with van der Waals surface area (Å²) in [5, 5.41) is 10.7. The summed E-state index contributed by atoms with van der Waals surface area (Å²) in [6.45, 7) is 4.50. The second kappa shape index (κ2) is 8.94. The standard InChI is InChI=1S/C21H27N5O5/c1-3-14-5-4-6-16(11-14)31-13-15(27)12-26-17-18(24(2)21(29)23-19(17)28)22-20(26)25-7-9-30-10-8-25/h4-6,11,15,27H,3,7-10,12-13H2,1-2H3,(H,23,28,29)/t15-/m0/s1. The van der Waals surface area contributed by atoms with Gasteiger partial charge < -0.3 is 24.0 Å². The Morgan fingerprint density at radius 3 is 2.81 bits per heavy atom. The van der Waals surface area contributed by atoms with Crippen LogP contribution in [0.15, 0.2) is 33.9 Å². The quantitative estimate of drug-likeness (QED) is 0.554. The number of aliphatic hydroxyl groups is 1. The van der Waals surface area contributed by atoms with E-state index in [1.54, 1.807) is 11.6 Å². The molecule has 1 aliphatic rings. The Hall–Kier alpha value is -3.11. The van der Waals surface area contributed by atoms with Crippen LogP contribution in [0.4, 0.5) is 5.95 Å². The first-order valence-electron chi connectivity index (χ1n) is 10.4. The van der Waals surface area contributed by atoms with Crippen molar-refractivity contribution in [2.24, 2.45) is 7.05 Å². The first-order valence-corrected chi connectivity index (χ1v) is 10.4. The van der Waals surface area contributed by atoms with Gasteiger partial charge in [0.2, 0.25) is 5.95 Å². The molecule has 10 heteroatoms. The van der Waals surface area contributed by atoms with Gasteiger partial charge in [0.15, 0.2) is 11.2 Å². The van der Waals surface area contributed by atoms with Crippen molar-refractivity contribution in [3.05, 3.63) is 50.7 Å². The minimum atomic E-state index is -0.890. The van der Waals surface area contributed by atoms with Gasteiger partial charge in [0.25, 0.3) is 5.56 Å². The Bertz CT molecular complexity index is 1180. The van der Waals surface area contributed by atoms with Gasteiger partial charge in [-0.15, -0.1) is 0 Å². The number of rotatable bonds is 7. The smallest absolute Gasteiger partial charge is 0.329 e. The van der Waals surface area contributed by atoms with E-state index in [1.165, 1.54) is 4.57 Å². The van der Waals surface area contributed by atoms with Crippen molar-refractivity contribution in [2.75, 3.05) is 37.8 Å². The van der Waals surface area contributed by atoms with Crippen molar-refractivity contribution in [2.45, 2.75) is 26.0 Å². The minimum Gasteiger partial charge on any atom is -0.491 e. The number of aliphatic hydroxyl groups excluding tert-OH is 1. The van der Waals surface area contributed by atoms with Gasteiger partial charge in [0.05, 0.1) is 19.8 Å². The molecule has 1 aromatic carbocycles. The van der Waals surface area contributed by atoms with Crippen LogP contribution in [0.25, 0.3) is 11.2 Å². The largest absolute Gasteiger partial charge is 0.491 e. The Balaban J connectivity index is 1.63. The van der Waals surface area contributed by atoms with Crippen LogP contribution in [0, 0.1) is 0 Å². The van der Waals surface area contributed by atoms with Crippen LogP contribution in [0.1, 0.15) is 12.5 Å². The summed E-state index contributed by atoms with van der Waals surface area (Å²) in [7, 11) is 1.56. The number of fused-ring (bicyclic) bond motifs is 1. The molecule has 1 aliphatic heterocycles. The van der Waals surface area contributed by atoms with Gasteiger partial charge in [-0.2, -0.15) is 4.98 Å². The maximum absolute atomic E-state index is 12.6. The summed E-state index contributed by atoms with van der Waals surface area (Å²) < 4.78 is 14.2. The second-order valence-electron chi connectivity index (χ2n) is 7.58. The molecule has 0 aliphatic carbocycles. The number of aromatic amines is 1. The minimum absolute atomic E-state index is 0.0546. The van der Waals surface area contributed by atoms with Crippen molar-refractivity contribution in [3.8, 4) is 5.75 Å². The van der Waals surface area contributed by atoms with Gasteiger partial charge in [-0.05, 0) is 24.1 Å². The molecule has 0 radical (unpaired) electrons. The third-order valence-electron chi connectivity index (χ3n) is 5.42. The number of hydrogen-bond donors (Lipinski definition) is 2. The lowest BCUT2D eigenvalue weighted by atomic mass is 10.2. The number of hydrogen-bond acceptors (Lipinski definition) is 7. The van der Waals surface area contributed by atoms with E-state index in [2.05, 4.69) is 16.9 Å². The predicted octanol–water partition coefficient (Wildman–Crippen LogP) is 0.262. The van der Waals surface area contributed by atoms with Crippen molar-refractivity contribution >= 4 is 17.1 Å². The topological polar surface area (TPSA) is 115 Å². The number of nitrogens with zero attached hydrogens (tertiary/aromatic N) is 4. The highest BCUT2D eigenvalue weighted by molar-refractivity contribution is 5.74. The summed E-state index contributed by atoms with van der Waals surface area (Å²) in [6.07, 6.45) is 0.00432. The molecule has 2 N–H and O–H groups in total. The van der Waals surface area contributed by atoms with E-state index in [0.29, 0.717) is 38.0 Å². The summed E-state index contributed by atoms with van der Waals surface area (Å²) in [5.41, 5.74) is 0.605. The van der Waals surface area contributed by atoms with Gasteiger partial charge in [-0.3, -0.25) is 14.3 Å².